The molecule has 1 aromatic heterocycles. The van der Waals surface area contributed by atoms with Crippen molar-refractivity contribution < 1.29 is 18.7 Å². The Morgan fingerprint density at radius 3 is 2.45 bits per heavy atom. The molecule has 5 heteroatoms. The Balaban J connectivity index is 2.29. The highest BCUT2D eigenvalue weighted by atomic mass is 35.5. The standard InChI is InChI=1S/C17H15ClO4/c1-3-21-17(20)15(11(2)19)10-14-8-9-16(22-14)12-4-6-13(18)7-5-12/h4-10H,3H2,1-2H3/b15-10+. The van der Waals surface area contributed by atoms with Gasteiger partial charge in [0.05, 0.1) is 6.61 Å². The van der Waals surface area contributed by atoms with Crippen molar-refractivity contribution in [3.63, 3.8) is 0 Å². The van der Waals surface area contributed by atoms with E-state index < -0.39 is 5.97 Å². The summed E-state index contributed by atoms with van der Waals surface area (Å²) in [6.45, 7) is 3.20. The number of rotatable bonds is 5. The summed E-state index contributed by atoms with van der Waals surface area (Å²) in [6.07, 6.45) is 1.39. The number of furan rings is 1. The van der Waals surface area contributed by atoms with Gasteiger partial charge < -0.3 is 9.15 Å². The van der Waals surface area contributed by atoms with E-state index in [0.29, 0.717) is 16.5 Å². The van der Waals surface area contributed by atoms with Gasteiger partial charge in [0.15, 0.2) is 5.78 Å². The molecule has 0 aliphatic rings. The third-order valence-corrected chi connectivity index (χ3v) is 3.17. The van der Waals surface area contributed by atoms with E-state index in [4.69, 9.17) is 20.8 Å². The number of hydrogen-bond donors (Lipinski definition) is 0. The third kappa shape index (κ3) is 3.86. The van der Waals surface area contributed by atoms with Crippen LogP contribution in [0.3, 0.4) is 0 Å². The Hall–Kier alpha value is -2.33. The fraction of sp³-hybridized carbons (Fsp3) is 0.176. The molecule has 0 atom stereocenters. The van der Waals surface area contributed by atoms with Gasteiger partial charge in [0.2, 0.25) is 0 Å². The van der Waals surface area contributed by atoms with Crippen molar-refractivity contribution in [2.24, 2.45) is 0 Å². The summed E-state index contributed by atoms with van der Waals surface area (Å²) in [5.74, 6) is 0.000200. The second-order valence-corrected chi connectivity index (χ2v) is 4.98. The number of Topliss-reactive ketones (excluding diaryl/α,β-unsaturated/α-hetero) is 1. The lowest BCUT2D eigenvalue weighted by Gasteiger charge is -2.02. The molecule has 0 saturated carbocycles. The maximum atomic E-state index is 11.7. The summed E-state index contributed by atoms with van der Waals surface area (Å²) in [6, 6.07) is 10.6. The summed E-state index contributed by atoms with van der Waals surface area (Å²) >= 11 is 5.84. The molecule has 0 N–H and O–H groups in total. The minimum atomic E-state index is -0.653. The van der Waals surface area contributed by atoms with Gasteiger partial charge in [-0.1, -0.05) is 11.6 Å². The number of carbonyl (C=O) groups is 2. The van der Waals surface area contributed by atoms with Crippen molar-refractivity contribution >= 4 is 29.4 Å². The van der Waals surface area contributed by atoms with Crippen LogP contribution in [0.15, 0.2) is 46.4 Å². The van der Waals surface area contributed by atoms with Crippen LogP contribution in [0.1, 0.15) is 19.6 Å². The van der Waals surface area contributed by atoms with E-state index in [9.17, 15) is 9.59 Å². The van der Waals surface area contributed by atoms with Crippen LogP contribution in [0.2, 0.25) is 5.02 Å². The molecule has 4 nitrogen and oxygen atoms in total. The normalized spacial score (nSPS) is 11.3. The van der Waals surface area contributed by atoms with Crippen LogP contribution in [-0.2, 0) is 14.3 Å². The first-order valence-electron chi connectivity index (χ1n) is 6.76. The predicted molar refractivity (Wildman–Crippen MR) is 84.4 cm³/mol. The molecule has 0 unspecified atom stereocenters. The van der Waals surface area contributed by atoms with Crippen LogP contribution >= 0.6 is 11.6 Å². The lowest BCUT2D eigenvalue weighted by atomic mass is 10.1. The van der Waals surface area contributed by atoms with E-state index in [0.717, 1.165) is 5.56 Å². The van der Waals surface area contributed by atoms with Crippen molar-refractivity contribution in [3.8, 4) is 11.3 Å². The number of benzene rings is 1. The van der Waals surface area contributed by atoms with E-state index in [1.165, 1.54) is 13.0 Å². The van der Waals surface area contributed by atoms with Crippen molar-refractivity contribution in [1.82, 2.24) is 0 Å². The van der Waals surface area contributed by atoms with Gasteiger partial charge >= 0.3 is 5.97 Å². The maximum Gasteiger partial charge on any atom is 0.341 e. The van der Waals surface area contributed by atoms with E-state index in [2.05, 4.69) is 0 Å². The number of ketones is 1. The summed E-state index contributed by atoms with van der Waals surface area (Å²) in [5, 5.41) is 0.636. The molecule has 0 radical (unpaired) electrons. The minimum Gasteiger partial charge on any atom is -0.462 e. The van der Waals surface area contributed by atoms with Gasteiger partial charge in [-0.25, -0.2) is 4.79 Å². The fourth-order valence-electron chi connectivity index (χ4n) is 1.86. The molecule has 0 aliphatic heterocycles. The van der Waals surface area contributed by atoms with Crippen LogP contribution in [0.25, 0.3) is 17.4 Å². The van der Waals surface area contributed by atoms with Gasteiger partial charge in [-0.15, -0.1) is 0 Å². The van der Waals surface area contributed by atoms with Gasteiger partial charge in [-0.05, 0) is 56.3 Å². The van der Waals surface area contributed by atoms with Crippen LogP contribution in [0.5, 0.6) is 0 Å². The predicted octanol–water partition coefficient (Wildman–Crippen LogP) is 4.14. The quantitative estimate of drug-likeness (QED) is 0.360. The molecule has 0 spiro atoms. The molecule has 0 amide bonds. The maximum absolute atomic E-state index is 11.7. The van der Waals surface area contributed by atoms with Gasteiger partial charge in [0.1, 0.15) is 17.1 Å². The SMILES string of the molecule is CCOC(=O)/C(=C/c1ccc(-c2ccc(Cl)cc2)o1)C(C)=O. The lowest BCUT2D eigenvalue weighted by molar-refractivity contribution is -0.139. The highest BCUT2D eigenvalue weighted by Gasteiger charge is 2.16. The van der Waals surface area contributed by atoms with E-state index in [-0.39, 0.29) is 18.0 Å². The number of carbonyl (C=O) groups excluding carboxylic acids is 2. The zero-order valence-corrected chi connectivity index (χ0v) is 13.0. The van der Waals surface area contributed by atoms with Crippen LogP contribution < -0.4 is 0 Å². The first kappa shape index (κ1) is 16.0. The Labute approximate surface area is 133 Å². The van der Waals surface area contributed by atoms with Crippen LogP contribution in [-0.4, -0.2) is 18.4 Å². The molecule has 114 valence electrons. The molecule has 0 aliphatic carbocycles. The molecule has 2 rings (SSSR count). The molecular formula is C17H15ClO4. The number of halogens is 1. The highest BCUT2D eigenvalue weighted by Crippen LogP contribution is 2.25. The third-order valence-electron chi connectivity index (χ3n) is 2.92. The molecular weight excluding hydrogens is 304 g/mol. The summed E-state index contributed by atoms with van der Waals surface area (Å²) < 4.78 is 10.5. The Kier molecular flexibility index (Phi) is 5.17. The highest BCUT2D eigenvalue weighted by molar-refractivity contribution is 6.30. The average molecular weight is 319 g/mol. The van der Waals surface area contributed by atoms with Gasteiger partial charge in [-0.3, -0.25) is 4.79 Å². The Morgan fingerprint density at radius 2 is 1.86 bits per heavy atom. The molecule has 1 aromatic carbocycles. The monoisotopic (exact) mass is 318 g/mol. The van der Waals surface area contributed by atoms with Crippen molar-refractivity contribution in [3.05, 3.63) is 52.8 Å². The van der Waals surface area contributed by atoms with Crippen molar-refractivity contribution in [2.45, 2.75) is 13.8 Å². The summed E-state index contributed by atoms with van der Waals surface area (Å²) in [5.41, 5.74) is 0.809. The smallest absolute Gasteiger partial charge is 0.341 e. The average Bonchev–Trinajstić information content (AvgIpc) is 2.94. The summed E-state index contributed by atoms with van der Waals surface area (Å²) in [4.78, 5) is 23.3. The molecule has 1 heterocycles. The zero-order chi connectivity index (χ0) is 16.1. The van der Waals surface area contributed by atoms with E-state index in [1.807, 2.05) is 12.1 Å². The second-order valence-electron chi connectivity index (χ2n) is 4.54. The first-order valence-corrected chi connectivity index (χ1v) is 7.14. The largest absolute Gasteiger partial charge is 0.462 e. The first-order chi connectivity index (χ1) is 10.5. The van der Waals surface area contributed by atoms with E-state index in [1.54, 1.807) is 31.2 Å². The Morgan fingerprint density at radius 1 is 1.18 bits per heavy atom. The van der Waals surface area contributed by atoms with Crippen LogP contribution in [0.4, 0.5) is 0 Å². The molecule has 0 bridgehead atoms. The minimum absolute atomic E-state index is 0.0427. The van der Waals surface area contributed by atoms with Crippen molar-refractivity contribution in [2.75, 3.05) is 6.61 Å². The topological polar surface area (TPSA) is 56.5 Å². The van der Waals surface area contributed by atoms with Crippen LogP contribution in [0, 0.1) is 0 Å². The Bertz CT molecular complexity index is 711. The van der Waals surface area contributed by atoms with Gasteiger partial charge in [0, 0.05) is 10.6 Å². The van der Waals surface area contributed by atoms with Crippen molar-refractivity contribution in [1.29, 1.82) is 0 Å². The zero-order valence-electron chi connectivity index (χ0n) is 12.3. The second kappa shape index (κ2) is 7.09. The molecule has 0 fully saturated rings. The number of esters is 1. The molecule has 22 heavy (non-hydrogen) atoms. The molecule has 2 aromatic rings. The van der Waals surface area contributed by atoms with E-state index >= 15 is 0 Å². The van der Waals surface area contributed by atoms with Gasteiger partial charge in [-0.2, -0.15) is 0 Å². The lowest BCUT2D eigenvalue weighted by Crippen LogP contribution is -2.13. The number of hydrogen-bond acceptors (Lipinski definition) is 4. The molecule has 0 saturated heterocycles. The number of ether oxygens (including phenoxy) is 1. The summed E-state index contributed by atoms with van der Waals surface area (Å²) in [7, 11) is 0. The fourth-order valence-corrected chi connectivity index (χ4v) is 1.98. The van der Waals surface area contributed by atoms with Gasteiger partial charge in [0.25, 0.3) is 0 Å².